The van der Waals surface area contributed by atoms with E-state index in [1.54, 1.807) is 18.0 Å². The quantitative estimate of drug-likeness (QED) is 0.280. The Morgan fingerprint density at radius 3 is 2.39 bits per heavy atom. The van der Waals surface area contributed by atoms with Gasteiger partial charge in [0.1, 0.15) is 11.6 Å². The highest BCUT2D eigenvalue weighted by Gasteiger charge is 2.27. The van der Waals surface area contributed by atoms with Crippen LogP contribution in [0.15, 0.2) is 60.8 Å². The Kier molecular flexibility index (Phi) is 9.34. The van der Waals surface area contributed by atoms with Gasteiger partial charge in [-0.1, -0.05) is 12.1 Å². The van der Waals surface area contributed by atoms with E-state index in [0.717, 1.165) is 67.4 Å². The van der Waals surface area contributed by atoms with Crippen LogP contribution in [0.25, 0.3) is 10.9 Å². The largest absolute Gasteiger partial charge is 0.450 e. The minimum absolute atomic E-state index is 0.0792. The normalized spacial score (nSPS) is 16.1. The molecule has 6 rings (SSSR count). The Balaban J connectivity index is 1.23. The van der Waals surface area contributed by atoms with Crippen LogP contribution in [0.4, 0.5) is 25.0 Å². The number of amides is 2. The molecule has 0 spiro atoms. The number of hydrogen-bond donors (Lipinski definition) is 2. The zero-order valence-electron chi connectivity index (χ0n) is 26.1. The van der Waals surface area contributed by atoms with Crippen molar-refractivity contribution in [3.8, 4) is 0 Å². The molecule has 0 unspecified atom stereocenters. The van der Waals surface area contributed by atoms with E-state index in [0.29, 0.717) is 42.8 Å². The number of benzene rings is 3. The number of carbonyl (C=O) groups is 2. The molecule has 242 valence electrons. The predicted octanol–water partition coefficient (Wildman–Crippen LogP) is 5.07. The third-order valence-corrected chi connectivity index (χ3v) is 8.66. The van der Waals surface area contributed by atoms with Gasteiger partial charge in [0, 0.05) is 62.5 Å². The molecule has 2 aliphatic heterocycles. The summed E-state index contributed by atoms with van der Waals surface area (Å²) in [5.74, 6) is -1.52. The molecule has 10 nitrogen and oxygen atoms in total. The van der Waals surface area contributed by atoms with Crippen molar-refractivity contribution in [1.82, 2.24) is 19.7 Å². The summed E-state index contributed by atoms with van der Waals surface area (Å²) < 4.78 is 32.6. The molecule has 0 radical (unpaired) electrons. The fraction of sp³-hybridized carbons (Fsp3) is 0.382. The zero-order valence-corrected chi connectivity index (χ0v) is 26.1. The summed E-state index contributed by atoms with van der Waals surface area (Å²) in [6.45, 7) is 6.66. The number of likely N-dealkylation sites (N-methyl/N-ethyl adjacent to an activating group) is 1. The van der Waals surface area contributed by atoms with Gasteiger partial charge in [0.25, 0.3) is 5.91 Å². The molecular weight excluding hydrogens is 592 g/mol. The van der Waals surface area contributed by atoms with Gasteiger partial charge in [-0.15, -0.1) is 0 Å². The number of carbonyl (C=O) groups excluding carboxylic acids is 2. The van der Waals surface area contributed by atoms with E-state index in [4.69, 9.17) is 4.74 Å². The summed E-state index contributed by atoms with van der Waals surface area (Å²) in [6.07, 6.45) is 3.18. The number of ether oxygens (including phenoxy) is 1. The maximum absolute atomic E-state index is 14.1. The summed E-state index contributed by atoms with van der Waals surface area (Å²) in [6, 6.07) is 15.1. The molecular formula is C34H39F2N7O3. The van der Waals surface area contributed by atoms with Gasteiger partial charge in [-0.05, 0) is 80.8 Å². The Bertz CT molecular complexity index is 1690. The number of halogens is 2. The number of aromatic nitrogens is 2. The topological polar surface area (TPSA) is 95.0 Å². The third kappa shape index (κ3) is 7.07. The van der Waals surface area contributed by atoms with Crippen molar-refractivity contribution in [2.75, 3.05) is 68.6 Å². The molecule has 3 heterocycles. The van der Waals surface area contributed by atoms with E-state index < -0.39 is 11.6 Å². The van der Waals surface area contributed by atoms with Gasteiger partial charge in [-0.25, -0.2) is 19.0 Å². The van der Waals surface area contributed by atoms with Crippen LogP contribution in [0.1, 0.15) is 41.3 Å². The number of hydrogen-bond acceptors (Lipinski definition) is 7. The molecule has 0 atom stereocenters. The van der Waals surface area contributed by atoms with E-state index in [-0.39, 0.29) is 18.0 Å². The molecule has 2 saturated heterocycles. The molecule has 12 heteroatoms. The van der Waals surface area contributed by atoms with Crippen molar-refractivity contribution in [1.29, 1.82) is 0 Å². The molecule has 2 aliphatic rings. The molecule has 1 aromatic heterocycles. The lowest BCUT2D eigenvalue weighted by Gasteiger charge is -2.36. The summed E-state index contributed by atoms with van der Waals surface area (Å²) in [4.78, 5) is 34.0. The van der Waals surface area contributed by atoms with Crippen molar-refractivity contribution >= 4 is 34.3 Å². The van der Waals surface area contributed by atoms with Crippen molar-refractivity contribution in [3.05, 3.63) is 89.1 Å². The molecule has 0 saturated carbocycles. The number of piperidine rings is 1. The van der Waals surface area contributed by atoms with Crippen LogP contribution in [0.5, 0.6) is 0 Å². The zero-order chi connectivity index (χ0) is 32.2. The Morgan fingerprint density at radius 2 is 1.67 bits per heavy atom. The standard InChI is InChI=1S/C34H39F2N7O3/c1-3-46-34(45)42-11-9-28(10-12-42)38-29-5-4-6-31(41-15-13-40(2)14-16-41)32(29)33(44)39-43-30-8-7-23(18-25(30)22-37-43)17-24-19-26(35)21-27(36)20-24/h4-8,18-22,28,38H,3,9-17H2,1-2H3,(H,39,44). The van der Waals surface area contributed by atoms with Crippen LogP contribution >= 0.6 is 0 Å². The molecule has 4 aromatic rings. The van der Waals surface area contributed by atoms with Crippen LogP contribution in [-0.4, -0.2) is 90.7 Å². The molecule has 2 amide bonds. The minimum atomic E-state index is -0.612. The number of nitrogens with zero attached hydrogens (tertiary/aromatic N) is 5. The van der Waals surface area contributed by atoms with E-state index in [1.165, 1.54) is 16.9 Å². The van der Waals surface area contributed by atoms with Gasteiger partial charge in [0.15, 0.2) is 0 Å². The molecule has 2 fully saturated rings. The van der Waals surface area contributed by atoms with E-state index in [2.05, 4.69) is 32.7 Å². The first-order chi connectivity index (χ1) is 22.3. The summed E-state index contributed by atoms with van der Waals surface area (Å²) >= 11 is 0. The van der Waals surface area contributed by atoms with Crippen LogP contribution in [-0.2, 0) is 11.2 Å². The van der Waals surface area contributed by atoms with Gasteiger partial charge < -0.3 is 24.8 Å². The van der Waals surface area contributed by atoms with E-state index >= 15 is 0 Å². The summed E-state index contributed by atoms with van der Waals surface area (Å²) in [7, 11) is 2.09. The Hall–Kier alpha value is -4.71. The number of likely N-dealkylation sites (tertiary alicyclic amines) is 1. The maximum Gasteiger partial charge on any atom is 0.409 e. The fourth-order valence-electron chi connectivity index (χ4n) is 6.23. The maximum atomic E-state index is 14.1. The predicted molar refractivity (Wildman–Crippen MR) is 174 cm³/mol. The van der Waals surface area contributed by atoms with Gasteiger partial charge in [0.05, 0.1) is 29.6 Å². The fourth-order valence-corrected chi connectivity index (χ4v) is 6.23. The summed E-state index contributed by atoms with van der Waals surface area (Å²) in [5, 5.41) is 8.84. The lowest BCUT2D eigenvalue weighted by molar-refractivity contribution is 0.0983. The molecule has 0 aliphatic carbocycles. The van der Waals surface area contributed by atoms with Crippen LogP contribution in [0.2, 0.25) is 0 Å². The molecule has 3 aromatic carbocycles. The van der Waals surface area contributed by atoms with E-state index in [9.17, 15) is 18.4 Å². The first-order valence-corrected chi connectivity index (χ1v) is 15.7. The number of piperazine rings is 1. The summed E-state index contributed by atoms with van der Waals surface area (Å²) in [5.41, 5.74) is 7.19. The number of anilines is 2. The molecule has 0 bridgehead atoms. The van der Waals surface area contributed by atoms with Crippen molar-refractivity contribution in [3.63, 3.8) is 0 Å². The monoisotopic (exact) mass is 631 g/mol. The lowest BCUT2D eigenvalue weighted by atomic mass is 10.0. The Labute approximate surface area is 266 Å². The van der Waals surface area contributed by atoms with Gasteiger partial charge >= 0.3 is 6.09 Å². The van der Waals surface area contributed by atoms with Crippen LogP contribution < -0.4 is 15.6 Å². The second-order valence-corrected chi connectivity index (χ2v) is 11.9. The first-order valence-electron chi connectivity index (χ1n) is 15.7. The number of rotatable bonds is 8. The van der Waals surface area contributed by atoms with Crippen molar-refractivity contribution in [2.24, 2.45) is 0 Å². The molecule has 46 heavy (non-hydrogen) atoms. The highest BCUT2D eigenvalue weighted by Crippen LogP contribution is 2.31. The third-order valence-electron chi connectivity index (χ3n) is 8.66. The Morgan fingerprint density at radius 1 is 0.935 bits per heavy atom. The van der Waals surface area contributed by atoms with Gasteiger partial charge in [-0.2, -0.15) is 9.89 Å². The second kappa shape index (κ2) is 13.7. The smallest absolute Gasteiger partial charge is 0.409 e. The lowest BCUT2D eigenvalue weighted by Crippen LogP contribution is -2.45. The van der Waals surface area contributed by atoms with Crippen LogP contribution in [0, 0.1) is 11.6 Å². The SMILES string of the molecule is CCOC(=O)N1CCC(Nc2cccc(N3CCN(C)CC3)c2C(=O)Nn2ncc3cc(Cc4cc(F)cc(F)c4)ccc32)CC1. The average Bonchev–Trinajstić information content (AvgIpc) is 3.42. The van der Waals surface area contributed by atoms with Crippen LogP contribution in [0.3, 0.4) is 0 Å². The second-order valence-electron chi connectivity index (χ2n) is 11.9. The van der Waals surface area contributed by atoms with Crippen molar-refractivity contribution < 1.29 is 23.1 Å². The highest BCUT2D eigenvalue weighted by molar-refractivity contribution is 6.09. The highest BCUT2D eigenvalue weighted by atomic mass is 19.1. The van der Waals surface area contributed by atoms with E-state index in [1.807, 2.05) is 36.4 Å². The number of fused-ring (bicyclic) bond motifs is 1. The minimum Gasteiger partial charge on any atom is -0.450 e. The van der Waals surface area contributed by atoms with Crippen molar-refractivity contribution in [2.45, 2.75) is 32.2 Å². The molecule has 2 N–H and O–H groups in total. The first kappa shape index (κ1) is 31.3. The number of nitrogens with one attached hydrogen (secondary N) is 2. The van der Waals surface area contributed by atoms with Gasteiger partial charge in [-0.3, -0.25) is 4.79 Å². The average molecular weight is 632 g/mol. The van der Waals surface area contributed by atoms with Gasteiger partial charge in [0.2, 0.25) is 0 Å².